The van der Waals surface area contributed by atoms with E-state index in [1.54, 1.807) is 0 Å². The fourth-order valence-electron chi connectivity index (χ4n) is 3.31. The molecule has 1 spiro atoms. The summed E-state index contributed by atoms with van der Waals surface area (Å²) in [6, 6.07) is 6.51. The van der Waals surface area contributed by atoms with Gasteiger partial charge in [-0.25, -0.2) is 0 Å². The molecule has 1 saturated carbocycles. The van der Waals surface area contributed by atoms with Crippen LogP contribution in [0.15, 0.2) is 28.7 Å². The highest BCUT2D eigenvalue weighted by molar-refractivity contribution is 9.10. The van der Waals surface area contributed by atoms with Gasteiger partial charge in [-0.1, -0.05) is 40.2 Å². The minimum absolute atomic E-state index is 0.0814. The molecular weight excluding hydrogens is 276 g/mol. The lowest BCUT2D eigenvalue weighted by Gasteiger charge is -2.41. The molecule has 2 aliphatic carbocycles. The molecule has 0 radical (unpaired) electrons. The second kappa shape index (κ2) is 4.25. The fourth-order valence-corrected chi connectivity index (χ4v) is 3.81. The minimum Gasteiger partial charge on any atom is -0.393 e. The molecule has 1 aromatic carbocycles. The summed E-state index contributed by atoms with van der Waals surface area (Å²) in [5.41, 5.74) is 3.10. The van der Waals surface area contributed by atoms with E-state index in [9.17, 15) is 5.11 Å². The first-order valence-electron chi connectivity index (χ1n) is 6.35. The van der Waals surface area contributed by atoms with Crippen molar-refractivity contribution in [3.05, 3.63) is 39.9 Å². The van der Waals surface area contributed by atoms with Crippen LogP contribution in [0.1, 0.15) is 43.2 Å². The molecule has 0 saturated heterocycles. The number of allylic oxidation sites excluding steroid dienone is 1. The zero-order chi connectivity index (χ0) is 11.9. The zero-order valence-corrected chi connectivity index (χ0v) is 11.4. The van der Waals surface area contributed by atoms with Crippen LogP contribution < -0.4 is 0 Å². The number of aliphatic hydroxyl groups is 1. The molecule has 2 heteroatoms. The van der Waals surface area contributed by atoms with Crippen LogP contribution in [0.3, 0.4) is 0 Å². The summed E-state index contributed by atoms with van der Waals surface area (Å²) >= 11 is 3.64. The summed E-state index contributed by atoms with van der Waals surface area (Å²) in [6.07, 6.45) is 9.69. The molecule has 3 rings (SSSR count). The first-order valence-corrected chi connectivity index (χ1v) is 7.14. The van der Waals surface area contributed by atoms with Gasteiger partial charge in [-0.2, -0.15) is 0 Å². The predicted molar refractivity (Wildman–Crippen MR) is 73.9 cm³/mol. The van der Waals surface area contributed by atoms with E-state index in [1.807, 2.05) is 0 Å². The van der Waals surface area contributed by atoms with Crippen molar-refractivity contribution in [3.63, 3.8) is 0 Å². The monoisotopic (exact) mass is 292 g/mol. The van der Waals surface area contributed by atoms with Gasteiger partial charge in [-0.05, 0) is 54.7 Å². The van der Waals surface area contributed by atoms with Gasteiger partial charge < -0.3 is 5.11 Å². The standard InChI is InChI=1S/C15H17BrO/c16-14-5-1-4-13-12(14)3-2-8-15(13)9-6-11(17)7-10-15/h1-5,11,17H,6-10H2. The highest BCUT2D eigenvalue weighted by atomic mass is 79.9. The summed E-state index contributed by atoms with van der Waals surface area (Å²) in [5, 5.41) is 9.70. The molecule has 0 heterocycles. The number of rotatable bonds is 0. The Balaban J connectivity index is 2.05. The molecule has 1 fully saturated rings. The number of benzene rings is 1. The van der Waals surface area contributed by atoms with Crippen molar-refractivity contribution in [2.75, 3.05) is 0 Å². The van der Waals surface area contributed by atoms with Crippen molar-refractivity contribution < 1.29 is 5.11 Å². The fraction of sp³-hybridized carbons (Fsp3) is 0.467. The van der Waals surface area contributed by atoms with E-state index < -0.39 is 0 Å². The van der Waals surface area contributed by atoms with Crippen molar-refractivity contribution in [2.45, 2.75) is 43.6 Å². The molecule has 2 aliphatic rings. The lowest BCUT2D eigenvalue weighted by Crippen LogP contribution is -2.35. The average Bonchev–Trinajstić information content (AvgIpc) is 2.35. The van der Waals surface area contributed by atoms with Gasteiger partial charge in [0.05, 0.1) is 6.10 Å². The van der Waals surface area contributed by atoms with Crippen LogP contribution >= 0.6 is 15.9 Å². The summed E-state index contributed by atoms with van der Waals surface area (Å²) < 4.78 is 1.19. The molecule has 17 heavy (non-hydrogen) atoms. The van der Waals surface area contributed by atoms with E-state index in [4.69, 9.17) is 0 Å². The third-order valence-electron chi connectivity index (χ3n) is 4.33. The predicted octanol–water partition coefficient (Wildman–Crippen LogP) is 4.04. The Kier molecular flexibility index (Phi) is 2.87. The van der Waals surface area contributed by atoms with Gasteiger partial charge in [-0.15, -0.1) is 0 Å². The minimum atomic E-state index is -0.0814. The first-order chi connectivity index (χ1) is 8.21. The van der Waals surface area contributed by atoms with Gasteiger partial charge in [0.15, 0.2) is 0 Å². The average molecular weight is 293 g/mol. The van der Waals surface area contributed by atoms with E-state index in [1.165, 1.54) is 15.6 Å². The van der Waals surface area contributed by atoms with Gasteiger partial charge in [-0.3, -0.25) is 0 Å². The number of fused-ring (bicyclic) bond motifs is 2. The molecule has 1 N–H and O–H groups in total. The number of hydrogen-bond donors (Lipinski definition) is 1. The molecule has 0 aromatic heterocycles. The molecule has 0 bridgehead atoms. The third-order valence-corrected chi connectivity index (χ3v) is 5.02. The highest BCUT2D eigenvalue weighted by Crippen LogP contribution is 2.47. The van der Waals surface area contributed by atoms with Gasteiger partial charge in [0.25, 0.3) is 0 Å². The maximum Gasteiger partial charge on any atom is 0.0540 e. The van der Waals surface area contributed by atoms with Crippen molar-refractivity contribution in [2.24, 2.45) is 0 Å². The largest absolute Gasteiger partial charge is 0.393 e. The van der Waals surface area contributed by atoms with Gasteiger partial charge >= 0.3 is 0 Å². The molecule has 90 valence electrons. The normalized spacial score (nSPS) is 31.5. The molecule has 0 amide bonds. The molecule has 1 nitrogen and oxygen atoms in total. The number of halogens is 1. The molecule has 0 atom stereocenters. The van der Waals surface area contributed by atoms with Crippen LogP contribution in [0.5, 0.6) is 0 Å². The second-order valence-electron chi connectivity index (χ2n) is 5.32. The SMILES string of the molecule is OC1CCC2(CC=Cc3c(Br)cccc32)CC1. The smallest absolute Gasteiger partial charge is 0.0540 e. The zero-order valence-electron chi connectivity index (χ0n) is 9.82. The van der Waals surface area contributed by atoms with Crippen molar-refractivity contribution >= 4 is 22.0 Å². The lowest BCUT2D eigenvalue weighted by atomic mass is 9.64. The molecule has 1 aromatic rings. The van der Waals surface area contributed by atoms with Crippen LogP contribution in [0, 0.1) is 0 Å². The van der Waals surface area contributed by atoms with Crippen molar-refractivity contribution in [1.82, 2.24) is 0 Å². The van der Waals surface area contributed by atoms with Crippen LogP contribution in [-0.2, 0) is 5.41 Å². The third kappa shape index (κ3) is 1.88. The van der Waals surface area contributed by atoms with Crippen LogP contribution in [0.25, 0.3) is 6.08 Å². The maximum absolute atomic E-state index is 9.70. The van der Waals surface area contributed by atoms with Crippen molar-refractivity contribution in [3.8, 4) is 0 Å². The maximum atomic E-state index is 9.70. The van der Waals surface area contributed by atoms with Gasteiger partial charge in [0.2, 0.25) is 0 Å². The van der Waals surface area contributed by atoms with Crippen LogP contribution in [0.2, 0.25) is 0 Å². The lowest BCUT2D eigenvalue weighted by molar-refractivity contribution is 0.0954. The van der Waals surface area contributed by atoms with Gasteiger partial charge in [0.1, 0.15) is 0 Å². The number of aliphatic hydroxyl groups excluding tert-OH is 1. The quantitative estimate of drug-likeness (QED) is 0.765. The molecular formula is C15H17BrO. The van der Waals surface area contributed by atoms with Crippen LogP contribution in [0.4, 0.5) is 0 Å². The topological polar surface area (TPSA) is 20.2 Å². The Labute approximate surface area is 111 Å². The van der Waals surface area contributed by atoms with E-state index in [0.29, 0.717) is 0 Å². The Morgan fingerprint density at radius 1 is 1.24 bits per heavy atom. The first kappa shape index (κ1) is 11.5. The van der Waals surface area contributed by atoms with E-state index in [2.05, 4.69) is 46.3 Å². The Morgan fingerprint density at radius 2 is 2.00 bits per heavy atom. The van der Waals surface area contributed by atoms with Crippen molar-refractivity contribution in [1.29, 1.82) is 0 Å². The molecule has 0 aliphatic heterocycles. The van der Waals surface area contributed by atoms with E-state index in [0.717, 1.165) is 32.1 Å². The molecule has 0 unspecified atom stereocenters. The van der Waals surface area contributed by atoms with Gasteiger partial charge in [0, 0.05) is 4.47 Å². The van der Waals surface area contributed by atoms with E-state index >= 15 is 0 Å². The Bertz CT molecular complexity index is 456. The summed E-state index contributed by atoms with van der Waals surface area (Å²) in [7, 11) is 0. The summed E-state index contributed by atoms with van der Waals surface area (Å²) in [5.74, 6) is 0. The Morgan fingerprint density at radius 3 is 2.76 bits per heavy atom. The van der Waals surface area contributed by atoms with E-state index in [-0.39, 0.29) is 11.5 Å². The highest BCUT2D eigenvalue weighted by Gasteiger charge is 2.38. The number of hydrogen-bond acceptors (Lipinski definition) is 1. The van der Waals surface area contributed by atoms with Crippen LogP contribution in [-0.4, -0.2) is 11.2 Å². The summed E-state index contributed by atoms with van der Waals surface area (Å²) in [4.78, 5) is 0. The second-order valence-corrected chi connectivity index (χ2v) is 6.17. The summed E-state index contributed by atoms with van der Waals surface area (Å²) in [6.45, 7) is 0. The Hall–Kier alpha value is -0.600.